The maximum absolute atomic E-state index is 8.56. The molecule has 0 rings (SSSR count). The highest BCUT2D eigenvalue weighted by atomic mass is 17.2. The monoisotopic (exact) mass is 302 g/mol. The first-order valence-electron chi connectivity index (χ1n) is 5.93. The van der Waals surface area contributed by atoms with Crippen molar-refractivity contribution in [1.82, 2.24) is 5.39 Å². The standard InChI is InChI=1S/C9H21NO6.HNO3/c11-4-1-7-14-10(15-8-2-5-12)16-9-3-6-13;2-1(3)4/h11-13H,1-9H2;(H,2,3,4). The van der Waals surface area contributed by atoms with Gasteiger partial charge in [-0.2, -0.15) is 0 Å². The molecule has 0 saturated heterocycles. The summed E-state index contributed by atoms with van der Waals surface area (Å²) in [7, 11) is 0. The molecule has 0 aliphatic heterocycles. The number of aliphatic hydroxyl groups is 3. The molecule has 0 unspecified atom stereocenters. The summed E-state index contributed by atoms with van der Waals surface area (Å²) in [5.74, 6) is 0. The van der Waals surface area contributed by atoms with Gasteiger partial charge in [0, 0.05) is 19.8 Å². The number of rotatable bonds is 12. The molecule has 20 heavy (non-hydrogen) atoms. The summed E-state index contributed by atoms with van der Waals surface area (Å²) in [6.45, 7) is 0.904. The largest absolute Gasteiger partial charge is 0.396 e. The number of hydrogen-bond acceptors (Lipinski definition) is 9. The Morgan fingerprint density at radius 2 is 1.10 bits per heavy atom. The van der Waals surface area contributed by atoms with E-state index < -0.39 is 5.09 Å². The van der Waals surface area contributed by atoms with Crippen LogP contribution < -0.4 is 0 Å². The lowest BCUT2D eigenvalue weighted by Crippen LogP contribution is -2.27. The predicted molar refractivity (Wildman–Crippen MR) is 63.6 cm³/mol. The van der Waals surface area contributed by atoms with E-state index in [1.54, 1.807) is 0 Å². The molecule has 0 aromatic heterocycles. The van der Waals surface area contributed by atoms with Crippen molar-refractivity contribution in [3.63, 3.8) is 0 Å². The molecule has 0 aromatic carbocycles. The van der Waals surface area contributed by atoms with Gasteiger partial charge in [-0.3, -0.25) is 14.5 Å². The summed E-state index contributed by atoms with van der Waals surface area (Å²) in [5.41, 5.74) is 0. The molecule has 0 atom stereocenters. The fourth-order valence-corrected chi connectivity index (χ4v) is 0.723. The van der Waals surface area contributed by atoms with Crippen molar-refractivity contribution in [2.45, 2.75) is 19.3 Å². The van der Waals surface area contributed by atoms with Gasteiger partial charge in [0.1, 0.15) is 0 Å². The summed E-state index contributed by atoms with van der Waals surface area (Å²) in [6, 6.07) is 0. The van der Waals surface area contributed by atoms with Crippen molar-refractivity contribution in [3.05, 3.63) is 10.1 Å². The zero-order valence-electron chi connectivity index (χ0n) is 11.1. The van der Waals surface area contributed by atoms with Crippen molar-refractivity contribution in [1.29, 1.82) is 0 Å². The Labute approximate surface area is 115 Å². The second-order valence-electron chi connectivity index (χ2n) is 3.19. The Morgan fingerprint density at radius 1 is 0.850 bits per heavy atom. The molecule has 11 heteroatoms. The highest BCUT2D eigenvalue weighted by Crippen LogP contribution is 1.98. The molecule has 0 amide bonds. The van der Waals surface area contributed by atoms with E-state index >= 15 is 0 Å². The van der Waals surface area contributed by atoms with Gasteiger partial charge in [-0.25, -0.2) is 0 Å². The summed E-state index contributed by atoms with van der Waals surface area (Å²) in [4.78, 5) is 23.5. The van der Waals surface area contributed by atoms with Crippen molar-refractivity contribution in [2.75, 3.05) is 39.6 Å². The molecule has 0 saturated carbocycles. The third-order valence-electron chi connectivity index (χ3n) is 1.50. The van der Waals surface area contributed by atoms with E-state index in [2.05, 4.69) is 0 Å². The summed E-state index contributed by atoms with van der Waals surface area (Å²) >= 11 is 0. The first-order chi connectivity index (χ1) is 9.58. The molecule has 0 aliphatic rings. The summed E-state index contributed by atoms with van der Waals surface area (Å²) in [6.07, 6.45) is 1.43. The van der Waals surface area contributed by atoms with Gasteiger partial charge in [-0.15, -0.1) is 10.1 Å². The minimum atomic E-state index is -1.50. The van der Waals surface area contributed by atoms with Crippen molar-refractivity contribution >= 4 is 0 Å². The lowest BCUT2D eigenvalue weighted by Gasteiger charge is -2.19. The van der Waals surface area contributed by atoms with Crippen LogP contribution in [0, 0.1) is 10.1 Å². The van der Waals surface area contributed by atoms with Gasteiger partial charge in [-0.05, 0) is 19.3 Å². The molecular weight excluding hydrogens is 280 g/mol. The van der Waals surface area contributed by atoms with Crippen LogP contribution in [0.2, 0.25) is 0 Å². The maximum Gasteiger partial charge on any atom is 0.291 e. The first-order valence-corrected chi connectivity index (χ1v) is 5.93. The molecule has 0 spiro atoms. The number of aliphatic hydroxyl groups excluding tert-OH is 3. The molecule has 0 fully saturated rings. The average Bonchev–Trinajstić information content (AvgIpc) is 2.38. The molecule has 122 valence electrons. The first kappa shape index (κ1) is 21.2. The van der Waals surface area contributed by atoms with Gasteiger partial charge in [0.2, 0.25) is 0 Å². The van der Waals surface area contributed by atoms with E-state index in [4.69, 9.17) is 45.2 Å². The Kier molecular flexibility index (Phi) is 19.0. The lowest BCUT2D eigenvalue weighted by atomic mass is 10.5. The van der Waals surface area contributed by atoms with E-state index in [0.717, 1.165) is 5.39 Å². The minimum Gasteiger partial charge on any atom is -0.396 e. The zero-order chi connectivity index (χ0) is 15.6. The molecule has 0 bridgehead atoms. The van der Waals surface area contributed by atoms with Crippen LogP contribution in [-0.2, 0) is 14.5 Å². The van der Waals surface area contributed by atoms with Crippen LogP contribution in [0.3, 0.4) is 0 Å². The van der Waals surface area contributed by atoms with E-state index in [9.17, 15) is 0 Å². The molecule has 4 N–H and O–H groups in total. The Bertz CT molecular complexity index is 180. The third kappa shape index (κ3) is 22.1. The zero-order valence-corrected chi connectivity index (χ0v) is 11.1. The van der Waals surface area contributed by atoms with Crippen molar-refractivity contribution < 1.29 is 40.1 Å². The normalized spacial score (nSPS) is 10.2. The predicted octanol–water partition coefficient (Wildman–Crippen LogP) is -1.12. The van der Waals surface area contributed by atoms with E-state index in [1.807, 2.05) is 0 Å². The van der Waals surface area contributed by atoms with Gasteiger partial charge in [0.25, 0.3) is 5.09 Å². The van der Waals surface area contributed by atoms with Crippen LogP contribution in [0.4, 0.5) is 0 Å². The van der Waals surface area contributed by atoms with Crippen LogP contribution >= 0.6 is 0 Å². The minimum absolute atomic E-state index is 0.0289. The van der Waals surface area contributed by atoms with Crippen LogP contribution in [0.15, 0.2) is 0 Å². The van der Waals surface area contributed by atoms with Gasteiger partial charge >= 0.3 is 0 Å². The van der Waals surface area contributed by atoms with Gasteiger partial charge in [-0.1, -0.05) is 0 Å². The fourth-order valence-electron chi connectivity index (χ4n) is 0.723. The van der Waals surface area contributed by atoms with Crippen molar-refractivity contribution in [2.24, 2.45) is 0 Å². The van der Waals surface area contributed by atoms with E-state index in [0.29, 0.717) is 19.3 Å². The smallest absolute Gasteiger partial charge is 0.291 e. The topological polar surface area (TPSA) is 155 Å². The Balaban J connectivity index is 0. The fraction of sp³-hybridized carbons (Fsp3) is 1.00. The molecule has 0 radical (unpaired) electrons. The highest BCUT2D eigenvalue weighted by Gasteiger charge is 2.06. The molecule has 0 aromatic rings. The van der Waals surface area contributed by atoms with Crippen LogP contribution in [0.1, 0.15) is 19.3 Å². The van der Waals surface area contributed by atoms with Gasteiger partial charge in [0.05, 0.1) is 25.2 Å². The second kappa shape index (κ2) is 17.9. The van der Waals surface area contributed by atoms with Gasteiger partial charge < -0.3 is 20.5 Å². The average molecular weight is 302 g/mol. The molecular formula is C9H22N2O9. The molecule has 0 heterocycles. The number of hydrogen-bond donors (Lipinski definition) is 4. The van der Waals surface area contributed by atoms with E-state index in [-0.39, 0.29) is 39.6 Å². The van der Waals surface area contributed by atoms with Gasteiger partial charge in [0.15, 0.2) is 0 Å². The summed E-state index contributed by atoms with van der Waals surface area (Å²) in [5, 5.41) is 40.2. The summed E-state index contributed by atoms with van der Waals surface area (Å²) < 4.78 is 0. The lowest BCUT2D eigenvalue weighted by molar-refractivity contribution is -0.742. The quantitative estimate of drug-likeness (QED) is 0.198. The number of nitrogens with zero attached hydrogens (tertiary/aromatic N) is 2. The molecule has 0 aliphatic carbocycles. The maximum atomic E-state index is 8.56. The van der Waals surface area contributed by atoms with Crippen molar-refractivity contribution in [3.8, 4) is 0 Å². The second-order valence-corrected chi connectivity index (χ2v) is 3.19. The SMILES string of the molecule is O=[N+]([O-])O.OCCCON(OCCCO)OCCCO. The van der Waals surface area contributed by atoms with E-state index in [1.165, 1.54) is 0 Å². The Hall–Kier alpha value is -1.08. The molecule has 11 nitrogen and oxygen atoms in total. The van der Waals surface area contributed by atoms with Crippen LogP contribution in [-0.4, -0.2) is 70.6 Å². The van der Waals surface area contributed by atoms with Crippen LogP contribution in [0.5, 0.6) is 0 Å². The Morgan fingerprint density at radius 3 is 1.30 bits per heavy atom. The third-order valence-corrected chi connectivity index (χ3v) is 1.50. The highest BCUT2D eigenvalue weighted by molar-refractivity contribution is 4.30. The van der Waals surface area contributed by atoms with Crippen LogP contribution in [0.25, 0.3) is 0 Å².